The number of anilines is 1. The fraction of sp³-hybridized carbons (Fsp3) is 0.556. The van der Waals surface area contributed by atoms with Gasteiger partial charge in [-0.2, -0.15) is 0 Å². The predicted molar refractivity (Wildman–Crippen MR) is 88.7 cm³/mol. The van der Waals surface area contributed by atoms with Crippen molar-refractivity contribution in [3.8, 4) is 0 Å². The molecule has 1 heterocycles. The monoisotopic (exact) mass is 302 g/mol. The number of benzene rings is 1. The molecule has 1 saturated heterocycles. The van der Waals surface area contributed by atoms with Crippen molar-refractivity contribution >= 4 is 17.5 Å². The lowest BCUT2D eigenvalue weighted by atomic mass is 10.0. The van der Waals surface area contributed by atoms with Crippen LogP contribution in [0.3, 0.4) is 0 Å². The van der Waals surface area contributed by atoms with Gasteiger partial charge in [0.15, 0.2) is 0 Å². The van der Waals surface area contributed by atoms with Gasteiger partial charge >= 0.3 is 0 Å². The molecular weight excluding hydrogens is 276 g/mol. The molecule has 1 aromatic carbocycles. The molecule has 1 aliphatic rings. The Morgan fingerprint density at radius 1 is 1.09 bits per heavy atom. The summed E-state index contributed by atoms with van der Waals surface area (Å²) in [4.78, 5) is 26.1. The van der Waals surface area contributed by atoms with Gasteiger partial charge in [-0.3, -0.25) is 9.59 Å². The highest BCUT2D eigenvalue weighted by atomic mass is 16.2. The highest BCUT2D eigenvalue weighted by Gasteiger charge is 2.18. The number of carbonyl (C=O) groups excluding carboxylic acids is 2. The standard InChI is InChI=1S/C18H26N2O2/c1-3-15(4-2)18(22)19-16-9-7-14(8-10-16)13-17(21)20-11-5-6-12-20/h7-10,15H,3-6,11-13H2,1-2H3,(H,19,22). The minimum absolute atomic E-state index is 0.0661. The first-order valence-electron chi connectivity index (χ1n) is 8.31. The van der Waals surface area contributed by atoms with Crippen LogP contribution in [0, 0.1) is 5.92 Å². The third-order valence-corrected chi connectivity index (χ3v) is 4.39. The van der Waals surface area contributed by atoms with E-state index in [0.717, 1.165) is 50.0 Å². The molecule has 0 spiro atoms. The molecule has 1 aromatic rings. The largest absolute Gasteiger partial charge is 0.342 e. The number of nitrogens with one attached hydrogen (secondary N) is 1. The van der Waals surface area contributed by atoms with Gasteiger partial charge in [0.05, 0.1) is 6.42 Å². The molecule has 2 rings (SSSR count). The number of hydrogen-bond acceptors (Lipinski definition) is 2. The van der Waals surface area contributed by atoms with Gasteiger partial charge < -0.3 is 10.2 Å². The van der Waals surface area contributed by atoms with Crippen LogP contribution < -0.4 is 5.32 Å². The van der Waals surface area contributed by atoms with E-state index in [1.807, 2.05) is 43.0 Å². The second-order valence-corrected chi connectivity index (χ2v) is 5.96. The number of carbonyl (C=O) groups is 2. The maximum absolute atomic E-state index is 12.1. The molecule has 0 bridgehead atoms. The first-order valence-corrected chi connectivity index (χ1v) is 8.31. The Labute approximate surface area is 132 Å². The maximum atomic E-state index is 12.1. The van der Waals surface area contributed by atoms with Crippen molar-refractivity contribution in [3.05, 3.63) is 29.8 Å². The molecule has 0 aliphatic carbocycles. The zero-order valence-electron chi connectivity index (χ0n) is 13.6. The Kier molecular flexibility index (Phi) is 5.99. The second-order valence-electron chi connectivity index (χ2n) is 5.96. The summed E-state index contributed by atoms with van der Waals surface area (Å²) < 4.78 is 0. The summed E-state index contributed by atoms with van der Waals surface area (Å²) in [5, 5.41) is 2.95. The molecule has 120 valence electrons. The lowest BCUT2D eigenvalue weighted by molar-refractivity contribution is -0.129. The van der Waals surface area contributed by atoms with Crippen LogP contribution in [0.5, 0.6) is 0 Å². The summed E-state index contributed by atoms with van der Waals surface area (Å²) in [5.41, 5.74) is 1.80. The van der Waals surface area contributed by atoms with Crippen molar-refractivity contribution in [2.75, 3.05) is 18.4 Å². The summed E-state index contributed by atoms with van der Waals surface area (Å²) in [6.07, 6.45) is 4.38. The van der Waals surface area contributed by atoms with Crippen LogP contribution in [0.25, 0.3) is 0 Å². The molecular formula is C18H26N2O2. The zero-order chi connectivity index (χ0) is 15.9. The molecule has 4 heteroatoms. The van der Waals surface area contributed by atoms with Crippen LogP contribution in [0.15, 0.2) is 24.3 Å². The number of amides is 2. The molecule has 2 amide bonds. The Morgan fingerprint density at radius 3 is 2.23 bits per heavy atom. The van der Waals surface area contributed by atoms with E-state index < -0.39 is 0 Å². The molecule has 0 radical (unpaired) electrons. The quantitative estimate of drug-likeness (QED) is 0.877. The van der Waals surface area contributed by atoms with Crippen LogP contribution in [-0.2, 0) is 16.0 Å². The number of nitrogens with zero attached hydrogens (tertiary/aromatic N) is 1. The number of likely N-dealkylation sites (tertiary alicyclic amines) is 1. The first kappa shape index (κ1) is 16.5. The topological polar surface area (TPSA) is 49.4 Å². The van der Waals surface area contributed by atoms with E-state index in [9.17, 15) is 9.59 Å². The predicted octanol–water partition coefficient (Wildman–Crippen LogP) is 3.23. The van der Waals surface area contributed by atoms with Gasteiger partial charge in [0, 0.05) is 24.7 Å². The van der Waals surface area contributed by atoms with Crippen molar-refractivity contribution in [1.82, 2.24) is 4.90 Å². The fourth-order valence-electron chi connectivity index (χ4n) is 2.86. The highest BCUT2D eigenvalue weighted by Crippen LogP contribution is 2.16. The van der Waals surface area contributed by atoms with Gasteiger partial charge in [0.25, 0.3) is 0 Å². The summed E-state index contributed by atoms with van der Waals surface area (Å²) in [5.74, 6) is 0.341. The Hall–Kier alpha value is -1.84. The molecule has 0 saturated carbocycles. The smallest absolute Gasteiger partial charge is 0.227 e. The molecule has 0 unspecified atom stereocenters. The van der Waals surface area contributed by atoms with E-state index in [1.54, 1.807) is 0 Å². The number of hydrogen-bond donors (Lipinski definition) is 1. The number of rotatable bonds is 6. The average molecular weight is 302 g/mol. The average Bonchev–Trinajstić information content (AvgIpc) is 3.05. The van der Waals surface area contributed by atoms with Crippen molar-refractivity contribution in [3.63, 3.8) is 0 Å². The third-order valence-electron chi connectivity index (χ3n) is 4.39. The van der Waals surface area contributed by atoms with Gasteiger partial charge in [-0.1, -0.05) is 26.0 Å². The SMILES string of the molecule is CCC(CC)C(=O)Nc1ccc(CC(=O)N2CCCC2)cc1. The minimum Gasteiger partial charge on any atom is -0.342 e. The normalized spacial score (nSPS) is 14.4. The summed E-state index contributed by atoms with van der Waals surface area (Å²) in [7, 11) is 0. The summed E-state index contributed by atoms with van der Waals surface area (Å²) >= 11 is 0. The van der Waals surface area contributed by atoms with Gasteiger partial charge in [0.1, 0.15) is 0 Å². The van der Waals surface area contributed by atoms with E-state index in [-0.39, 0.29) is 17.7 Å². The van der Waals surface area contributed by atoms with Crippen LogP contribution in [0.1, 0.15) is 45.1 Å². The van der Waals surface area contributed by atoms with Crippen molar-refractivity contribution in [1.29, 1.82) is 0 Å². The van der Waals surface area contributed by atoms with Crippen LogP contribution in [0.2, 0.25) is 0 Å². The summed E-state index contributed by atoms with van der Waals surface area (Å²) in [6.45, 7) is 5.84. The van der Waals surface area contributed by atoms with Gasteiger partial charge in [-0.25, -0.2) is 0 Å². The van der Waals surface area contributed by atoms with E-state index in [0.29, 0.717) is 6.42 Å². The molecule has 0 atom stereocenters. The van der Waals surface area contributed by atoms with Crippen molar-refractivity contribution < 1.29 is 9.59 Å². The second kappa shape index (κ2) is 7.97. The maximum Gasteiger partial charge on any atom is 0.227 e. The van der Waals surface area contributed by atoms with Gasteiger partial charge in [-0.05, 0) is 43.4 Å². The third kappa shape index (κ3) is 4.33. The lowest BCUT2D eigenvalue weighted by Gasteiger charge is -2.15. The van der Waals surface area contributed by atoms with Crippen LogP contribution in [-0.4, -0.2) is 29.8 Å². The lowest BCUT2D eigenvalue weighted by Crippen LogP contribution is -2.29. The molecule has 1 aliphatic heterocycles. The highest BCUT2D eigenvalue weighted by molar-refractivity contribution is 5.92. The first-order chi connectivity index (χ1) is 10.6. The van der Waals surface area contributed by atoms with E-state index >= 15 is 0 Å². The molecule has 1 fully saturated rings. The molecule has 4 nitrogen and oxygen atoms in total. The van der Waals surface area contributed by atoms with Crippen LogP contribution in [0.4, 0.5) is 5.69 Å². The van der Waals surface area contributed by atoms with E-state index in [1.165, 1.54) is 0 Å². The Morgan fingerprint density at radius 2 is 1.68 bits per heavy atom. The summed E-state index contributed by atoms with van der Waals surface area (Å²) in [6, 6.07) is 7.62. The van der Waals surface area contributed by atoms with Crippen LogP contribution >= 0.6 is 0 Å². The van der Waals surface area contributed by atoms with Gasteiger partial charge in [0.2, 0.25) is 11.8 Å². The molecule has 0 aromatic heterocycles. The van der Waals surface area contributed by atoms with Gasteiger partial charge in [-0.15, -0.1) is 0 Å². The van der Waals surface area contributed by atoms with E-state index in [2.05, 4.69) is 5.32 Å². The van der Waals surface area contributed by atoms with Crippen molar-refractivity contribution in [2.45, 2.75) is 46.0 Å². The minimum atomic E-state index is 0.0661. The zero-order valence-corrected chi connectivity index (χ0v) is 13.6. The molecule has 1 N–H and O–H groups in total. The molecule has 22 heavy (non-hydrogen) atoms. The Balaban J connectivity index is 1.89. The Bertz CT molecular complexity index is 465. The van der Waals surface area contributed by atoms with E-state index in [4.69, 9.17) is 0 Å². The fourth-order valence-corrected chi connectivity index (χ4v) is 2.86. The van der Waals surface area contributed by atoms with Crippen molar-refractivity contribution in [2.24, 2.45) is 5.92 Å².